The number of rotatable bonds is 2. The van der Waals surface area contributed by atoms with Gasteiger partial charge in [-0.15, -0.1) is 12.4 Å². The van der Waals surface area contributed by atoms with Gasteiger partial charge >= 0.3 is 0 Å². The Labute approximate surface area is 114 Å². The zero-order chi connectivity index (χ0) is 11.5. The Kier molecular flexibility index (Phi) is 5.37. The van der Waals surface area contributed by atoms with Crippen LogP contribution in [0.4, 0.5) is 11.4 Å². The fourth-order valence-corrected chi connectivity index (χ4v) is 2.37. The summed E-state index contributed by atoms with van der Waals surface area (Å²) >= 11 is 6.07. The molecule has 0 atom stereocenters. The number of hydrogen-bond acceptors (Lipinski definition) is 3. The first-order chi connectivity index (χ1) is 7.72. The number of benzene rings is 1. The molecule has 1 aliphatic rings. The van der Waals surface area contributed by atoms with Crippen LogP contribution in [0.3, 0.4) is 0 Å². The van der Waals surface area contributed by atoms with E-state index in [1.54, 1.807) is 0 Å². The van der Waals surface area contributed by atoms with Gasteiger partial charge in [0.2, 0.25) is 0 Å². The van der Waals surface area contributed by atoms with E-state index in [0.717, 1.165) is 31.1 Å². The smallest absolute Gasteiger partial charge is 0.0619 e. The van der Waals surface area contributed by atoms with Gasteiger partial charge in [-0.3, -0.25) is 0 Å². The normalized spacial score (nSPS) is 15.0. The Morgan fingerprint density at radius 1 is 1.29 bits per heavy atom. The van der Waals surface area contributed by atoms with Gasteiger partial charge in [0.15, 0.2) is 0 Å². The van der Waals surface area contributed by atoms with E-state index >= 15 is 0 Å². The molecule has 0 unspecified atom stereocenters. The topological polar surface area (TPSA) is 32.5 Å². The molecule has 0 amide bonds. The predicted octanol–water partition coefficient (Wildman–Crippen LogP) is 2.37. The lowest BCUT2D eigenvalue weighted by molar-refractivity contribution is 0.741. The van der Waals surface area contributed by atoms with E-state index in [1.807, 2.05) is 12.1 Å². The average molecular weight is 276 g/mol. The van der Waals surface area contributed by atoms with Crippen LogP contribution in [0.5, 0.6) is 0 Å². The summed E-state index contributed by atoms with van der Waals surface area (Å²) in [5.41, 5.74) is 8.10. The van der Waals surface area contributed by atoms with E-state index in [1.165, 1.54) is 11.4 Å². The van der Waals surface area contributed by atoms with Crippen molar-refractivity contribution >= 4 is 35.4 Å². The van der Waals surface area contributed by atoms with Crippen LogP contribution in [-0.2, 0) is 0 Å². The molecule has 0 aliphatic carbocycles. The van der Waals surface area contributed by atoms with E-state index in [4.69, 9.17) is 17.3 Å². The molecule has 96 valence electrons. The maximum atomic E-state index is 6.07. The van der Waals surface area contributed by atoms with Gasteiger partial charge in [-0.2, -0.15) is 0 Å². The molecule has 0 spiro atoms. The van der Waals surface area contributed by atoms with Crippen molar-refractivity contribution in [2.24, 2.45) is 5.73 Å². The summed E-state index contributed by atoms with van der Waals surface area (Å²) in [4.78, 5) is 4.60. The monoisotopic (exact) mass is 275 g/mol. The van der Waals surface area contributed by atoms with Gasteiger partial charge in [0.05, 0.1) is 11.4 Å². The van der Waals surface area contributed by atoms with Crippen LogP contribution >= 0.6 is 24.0 Å². The molecule has 0 radical (unpaired) electrons. The van der Waals surface area contributed by atoms with Crippen LogP contribution in [0, 0.1) is 0 Å². The third-order valence-corrected chi connectivity index (χ3v) is 3.25. The highest BCUT2D eigenvalue weighted by Gasteiger charge is 2.17. The molecule has 0 aromatic heterocycles. The fourth-order valence-electron chi connectivity index (χ4n) is 2.20. The number of hydrogen-bond donors (Lipinski definition) is 1. The first kappa shape index (κ1) is 14.4. The van der Waals surface area contributed by atoms with Gasteiger partial charge in [-0.05, 0) is 24.6 Å². The van der Waals surface area contributed by atoms with E-state index < -0.39 is 0 Å². The van der Waals surface area contributed by atoms with Crippen LogP contribution < -0.4 is 15.5 Å². The molecule has 3 nitrogen and oxygen atoms in total. The largest absolute Gasteiger partial charge is 0.373 e. The molecule has 0 saturated heterocycles. The molecule has 1 aromatic rings. The highest BCUT2D eigenvalue weighted by atomic mass is 35.5. The molecule has 2 rings (SSSR count). The third-order valence-electron chi connectivity index (χ3n) is 3.01. The van der Waals surface area contributed by atoms with Crippen molar-refractivity contribution in [2.75, 3.05) is 43.0 Å². The van der Waals surface area contributed by atoms with Crippen molar-refractivity contribution in [3.8, 4) is 0 Å². The minimum absolute atomic E-state index is 0. The Morgan fingerprint density at radius 2 is 2.06 bits per heavy atom. The van der Waals surface area contributed by atoms with E-state index in [-0.39, 0.29) is 12.4 Å². The SMILES string of the molecule is CN1CCCN(CCN)c2cc(Cl)ccc21.Cl. The van der Waals surface area contributed by atoms with Crippen LogP contribution in [0.2, 0.25) is 5.02 Å². The minimum atomic E-state index is 0. The fraction of sp³-hybridized carbons (Fsp3) is 0.500. The van der Waals surface area contributed by atoms with Crippen molar-refractivity contribution in [1.29, 1.82) is 0 Å². The van der Waals surface area contributed by atoms with Crippen molar-refractivity contribution in [1.82, 2.24) is 0 Å². The molecule has 5 heteroatoms. The molecule has 17 heavy (non-hydrogen) atoms. The molecule has 0 fully saturated rings. The second-order valence-electron chi connectivity index (χ2n) is 4.18. The highest BCUT2D eigenvalue weighted by Crippen LogP contribution is 2.33. The van der Waals surface area contributed by atoms with Gasteiger partial charge in [-0.25, -0.2) is 0 Å². The van der Waals surface area contributed by atoms with E-state index in [0.29, 0.717) is 6.54 Å². The lowest BCUT2D eigenvalue weighted by Gasteiger charge is -2.25. The van der Waals surface area contributed by atoms with Crippen molar-refractivity contribution in [2.45, 2.75) is 6.42 Å². The Morgan fingerprint density at radius 3 is 2.76 bits per heavy atom. The van der Waals surface area contributed by atoms with Gasteiger partial charge in [0.25, 0.3) is 0 Å². The van der Waals surface area contributed by atoms with E-state index in [2.05, 4.69) is 22.9 Å². The Balaban J connectivity index is 0.00000144. The summed E-state index contributed by atoms with van der Waals surface area (Å²) in [6.07, 6.45) is 1.16. The summed E-state index contributed by atoms with van der Waals surface area (Å²) in [6.45, 7) is 3.70. The Hall–Kier alpha value is -0.640. The van der Waals surface area contributed by atoms with Gasteiger partial charge in [0.1, 0.15) is 0 Å². The number of fused-ring (bicyclic) bond motifs is 1. The van der Waals surface area contributed by atoms with Gasteiger partial charge < -0.3 is 15.5 Å². The standard InChI is InChI=1S/C12H18ClN3.ClH/c1-15-6-2-7-16(8-5-14)12-9-10(13)3-4-11(12)15;/h3-4,9H,2,5-8,14H2,1H3;1H. The van der Waals surface area contributed by atoms with Crippen LogP contribution in [0.15, 0.2) is 18.2 Å². The first-order valence-corrected chi connectivity index (χ1v) is 6.06. The molecule has 1 aliphatic heterocycles. The zero-order valence-corrected chi connectivity index (χ0v) is 11.6. The zero-order valence-electron chi connectivity index (χ0n) is 10.0. The maximum Gasteiger partial charge on any atom is 0.0619 e. The summed E-state index contributed by atoms with van der Waals surface area (Å²) < 4.78 is 0. The second kappa shape index (κ2) is 6.34. The number of anilines is 2. The van der Waals surface area contributed by atoms with Crippen molar-refractivity contribution in [3.63, 3.8) is 0 Å². The van der Waals surface area contributed by atoms with E-state index in [9.17, 15) is 0 Å². The molecule has 0 bridgehead atoms. The number of halogens is 2. The maximum absolute atomic E-state index is 6.07. The quantitative estimate of drug-likeness (QED) is 0.900. The highest BCUT2D eigenvalue weighted by molar-refractivity contribution is 6.31. The number of nitrogens with zero attached hydrogens (tertiary/aromatic N) is 2. The molecule has 1 aromatic carbocycles. The van der Waals surface area contributed by atoms with Crippen molar-refractivity contribution in [3.05, 3.63) is 23.2 Å². The summed E-state index contributed by atoms with van der Waals surface area (Å²) in [5, 5.41) is 0.788. The Bertz CT molecular complexity index is 371. The summed E-state index contributed by atoms with van der Waals surface area (Å²) in [6, 6.07) is 6.07. The number of nitrogens with two attached hydrogens (primary N) is 1. The average Bonchev–Trinajstić information content (AvgIpc) is 2.40. The molecule has 0 saturated carbocycles. The van der Waals surface area contributed by atoms with Gasteiger partial charge in [0, 0.05) is 38.2 Å². The first-order valence-electron chi connectivity index (χ1n) is 5.68. The predicted molar refractivity (Wildman–Crippen MR) is 77.9 cm³/mol. The molecular weight excluding hydrogens is 257 g/mol. The second-order valence-corrected chi connectivity index (χ2v) is 4.62. The minimum Gasteiger partial charge on any atom is -0.373 e. The molecular formula is C12H19Cl2N3. The lowest BCUT2D eigenvalue weighted by Crippen LogP contribution is -2.29. The van der Waals surface area contributed by atoms with Crippen LogP contribution in [0.25, 0.3) is 0 Å². The van der Waals surface area contributed by atoms with Crippen LogP contribution in [0.1, 0.15) is 6.42 Å². The summed E-state index contributed by atoms with van der Waals surface area (Å²) in [5.74, 6) is 0. The molecule has 1 heterocycles. The van der Waals surface area contributed by atoms with Crippen LogP contribution in [-0.4, -0.2) is 33.2 Å². The lowest BCUT2D eigenvalue weighted by atomic mass is 10.2. The molecule has 2 N–H and O–H groups in total. The summed E-state index contributed by atoms with van der Waals surface area (Å²) in [7, 11) is 2.12. The van der Waals surface area contributed by atoms with Crippen molar-refractivity contribution < 1.29 is 0 Å². The van der Waals surface area contributed by atoms with Gasteiger partial charge in [-0.1, -0.05) is 11.6 Å². The third kappa shape index (κ3) is 3.18.